The van der Waals surface area contributed by atoms with Crippen molar-refractivity contribution < 1.29 is 8.68 Å². The maximum absolute atomic E-state index is 7.90. The lowest BCUT2D eigenvalue weighted by Crippen LogP contribution is -2.25. The average Bonchev–Trinajstić information content (AvgIpc) is 3.47. The minimum Gasteiger partial charge on any atom is -0.294 e. The van der Waals surface area contributed by atoms with Crippen LogP contribution in [0.1, 0.15) is 9.68 Å². The molecule has 37 heavy (non-hydrogen) atoms. The number of aryl methyl sites for hydroxylation is 2. The SMILES string of the molecule is [2H]C([2H])([2H])c1ccnc(-n2c3ccccc3c3ccc(Sc4cccc(-n5c[n+](C)c6ccccc65)c4)cc32)c1. The molecular weight excluding hydrogens is 472 g/mol. The number of fused-ring (bicyclic) bond motifs is 4. The first-order valence-corrected chi connectivity index (χ1v) is 12.9. The molecule has 3 heterocycles. The van der Waals surface area contributed by atoms with Crippen molar-refractivity contribution in [1.29, 1.82) is 0 Å². The predicted octanol–water partition coefficient (Wildman–Crippen LogP) is 7.41. The predicted molar refractivity (Wildman–Crippen MR) is 152 cm³/mol. The summed E-state index contributed by atoms with van der Waals surface area (Å²) in [4.78, 5) is 6.80. The van der Waals surface area contributed by atoms with Crippen LogP contribution in [0.25, 0.3) is 44.3 Å². The molecule has 178 valence electrons. The molecule has 0 saturated carbocycles. The second-order valence-corrected chi connectivity index (χ2v) is 10.3. The van der Waals surface area contributed by atoms with Gasteiger partial charge in [0.15, 0.2) is 11.0 Å². The van der Waals surface area contributed by atoms with E-state index in [9.17, 15) is 0 Å². The zero-order valence-electron chi connectivity index (χ0n) is 23.2. The fourth-order valence-corrected chi connectivity index (χ4v) is 6.01. The number of aromatic nitrogens is 4. The first-order chi connectivity index (χ1) is 19.4. The van der Waals surface area contributed by atoms with Crippen molar-refractivity contribution in [3.05, 3.63) is 121 Å². The van der Waals surface area contributed by atoms with E-state index in [1.807, 2.05) is 12.1 Å². The molecule has 0 aliphatic heterocycles. The summed E-state index contributed by atoms with van der Waals surface area (Å²) >= 11 is 1.70. The zero-order valence-corrected chi connectivity index (χ0v) is 21.0. The third kappa shape index (κ3) is 3.71. The normalized spacial score (nSPS) is 13.2. The Morgan fingerprint density at radius 3 is 2.49 bits per heavy atom. The van der Waals surface area contributed by atoms with Crippen molar-refractivity contribution in [2.75, 3.05) is 0 Å². The molecule has 0 saturated heterocycles. The lowest BCUT2D eigenvalue weighted by molar-refractivity contribution is -0.645. The Morgan fingerprint density at radius 2 is 1.57 bits per heavy atom. The molecule has 0 spiro atoms. The lowest BCUT2D eigenvalue weighted by atomic mass is 10.2. The van der Waals surface area contributed by atoms with Crippen molar-refractivity contribution >= 4 is 44.6 Å². The number of pyridine rings is 1. The molecule has 0 bridgehead atoms. The van der Waals surface area contributed by atoms with Gasteiger partial charge < -0.3 is 0 Å². The van der Waals surface area contributed by atoms with Gasteiger partial charge in [-0.3, -0.25) is 4.57 Å². The highest BCUT2D eigenvalue weighted by molar-refractivity contribution is 7.99. The Hall–Kier alpha value is -4.35. The molecule has 0 radical (unpaired) electrons. The van der Waals surface area contributed by atoms with Gasteiger partial charge in [0.25, 0.3) is 0 Å². The summed E-state index contributed by atoms with van der Waals surface area (Å²) in [5.41, 5.74) is 5.68. The van der Waals surface area contributed by atoms with E-state index in [1.54, 1.807) is 30.1 Å². The van der Waals surface area contributed by atoms with E-state index in [0.717, 1.165) is 42.8 Å². The minimum absolute atomic E-state index is 0.275. The number of rotatable bonds is 4. The molecule has 5 heteroatoms. The summed E-state index contributed by atoms with van der Waals surface area (Å²) in [6.07, 6.45) is 3.69. The van der Waals surface area contributed by atoms with Crippen molar-refractivity contribution in [2.24, 2.45) is 7.05 Å². The maximum atomic E-state index is 7.90. The highest BCUT2D eigenvalue weighted by atomic mass is 32.2. The highest BCUT2D eigenvalue weighted by Gasteiger charge is 2.16. The molecule has 4 aromatic carbocycles. The molecule has 0 fully saturated rings. The smallest absolute Gasteiger partial charge is 0.249 e. The largest absolute Gasteiger partial charge is 0.294 e. The molecule has 7 rings (SSSR count). The van der Waals surface area contributed by atoms with Crippen LogP contribution in [0, 0.1) is 6.85 Å². The molecule has 3 aromatic heterocycles. The zero-order chi connectivity index (χ0) is 27.4. The fraction of sp³-hybridized carbons (Fsp3) is 0.0625. The standard InChI is InChI=1S/C32H25N4S/c1-22-16-17-33-32(18-22)36-28-11-4-3-10-26(28)27-15-14-25(20-31(27)36)37-24-9-7-8-23(19-24)35-21-34(2)29-12-5-6-13-30(29)35/h3-21H,1-2H3/q+1/i1D3. The van der Waals surface area contributed by atoms with E-state index in [0.29, 0.717) is 5.82 Å². The van der Waals surface area contributed by atoms with Crippen molar-refractivity contribution in [2.45, 2.75) is 16.6 Å². The van der Waals surface area contributed by atoms with Crippen LogP contribution in [0.15, 0.2) is 125 Å². The molecule has 0 aliphatic carbocycles. The summed E-state index contributed by atoms with van der Waals surface area (Å²) < 4.78 is 30.1. The molecule has 0 N–H and O–H groups in total. The van der Waals surface area contributed by atoms with E-state index in [1.165, 1.54) is 5.52 Å². The minimum atomic E-state index is -2.20. The van der Waals surface area contributed by atoms with Gasteiger partial charge in [-0.15, -0.1) is 0 Å². The van der Waals surface area contributed by atoms with E-state index >= 15 is 0 Å². The Balaban J connectivity index is 1.33. The molecule has 0 aliphatic rings. The Labute approximate surface area is 223 Å². The van der Waals surface area contributed by atoms with Gasteiger partial charge in [0.1, 0.15) is 11.5 Å². The number of imidazole rings is 1. The van der Waals surface area contributed by atoms with Crippen LogP contribution >= 0.6 is 11.8 Å². The van der Waals surface area contributed by atoms with E-state index in [2.05, 4.69) is 111 Å². The highest BCUT2D eigenvalue weighted by Crippen LogP contribution is 2.36. The fourth-order valence-electron chi connectivity index (χ4n) is 5.10. The Kier molecular flexibility index (Phi) is 4.40. The molecule has 0 amide bonds. The summed E-state index contributed by atoms with van der Waals surface area (Å²) in [6.45, 7) is -2.20. The topological polar surface area (TPSA) is 26.6 Å². The van der Waals surface area contributed by atoms with Gasteiger partial charge in [0, 0.05) is 30.9 Å². The first-order valence-electron chi connectivity index (χ1n) is 13.6. The number of para-hydroxylation sites is 3. The quantitative estimate of drug-likeness (QED) is 0.235. The maximum Gasteiger partial charge on any atom is 0.249 e. The Morgan fingerprint density at radius 1 is 0.757 bits per heavy atom. The summed E-state index contributed by atoms with van der Waals surface area (Å²) in [5, 5.41) is 2.20. The summed E-state index contributed by atoms with van der Waals surface area (Å²) in [6, 6.07) is 34.8. The van der Waals surface area contributed by atoms with Gasteiger partial charge in [0.05, 0.1) is 18.1 Å². The van der Waals surface area contributed by atoms with Crippen LogP contribution in [0.2, 0.25) is 0 Å². The van der Waals surface area contributed by atoms with Gasteiger partial charge in [0.2, 0.25) is 6.33 Å². The van der Waals surface area contributed by atoms with Gasteiger partial charge >= 0.3 is 0 Å². The monoisotopic (exact) mass is 500 g/mol. The van der Waals surface area contributed by atoms with Crippen LogP contribution in [0.5, 0.6) is 0 Å². The third-order valence-electron chi connectivity index (χ3n) is 6.76. The van der Waals surface area contributed by atoms with E-state index < -0.39 is 6.85 Å². The first kappa shape index (κ1) is 18.9. The van der Waals surface area contributed by atoms with Crippen LogP contribution in [0.4, 0.5) is 0 Å². The van der Waals surface area contributed by atoms with Crippen LogP contribution in [-0.4, -0.2) is 14.1 Å². The molecule has 0 atom stereocenters. The van der Waals surface area contributed by atoms with Crippen LogP contribution in [-0.2, 0) is 7.05 Å². The second kappa shape index (κ2) is 8.64. The van der Waals surface area contributed by atoms with Crippen molar-refractivity contribution in [3.8, 4) is 11.5 Å². The van der Waals surface area contributed by atoms with Crippen LogP contribution < -0.4 is 4.57 Å². The summed E-state index contributed by atoms with van der Waals surface area (Å²) in [7, 11) is 2.06. The summed E-state index contributed by atoms with van der Waals surface area (Å²) in [5.74, 6) is 0.594. The van der Waals surface area contributed by atoms with Gasteiger partial charge in [-0.05, 0) is 73.1 Å². The third-order valence-corrected chi connectivity index (χ3v) is 7.74. The number of nitrogens with zero attached hydrogens (tertiary/aromatic N) is 4. The van der Waals surface area contributed by atoms with E-state index in [-0.39, 0.29) is 5.56 Å². The average molecular weight is 501 g/mol. The molecule has 4 nitrogen and oxygen atoms in total. The lowest BCUT2D eigenvalue weighted by Gasteiger charge is -2.09. The van der Waals surface area contributed by atoms with Crippen molar-refractivity contribution in [3.63, 3.8) is 0 Å². The van der Waals surface area contributed by atoms with Gasteiger partial charge in [-0.25, -0.2) is 9.55 Å². The Bertz CT molecular complexity index is 2060. The van der Waals surface area contributed by atoms with Crippen molar-refractivity contribution in [1.82, 2.24) is 14.1 Å². The number of hydrogen-bond donors (Lipinski definition) is 0. The van der Waals surface area contributed by atoms with Crippen LogP contribution in [0.3, 0.4) is 0 Å². The molecule has 0 unspecified atom stereocenters. The molecular formula is C32H25N4S+. The van der Waals surface area contributed by atoms with Gasteiger partial charge in [-0.2, -0.15) is 4.57 Å². The number of benzene rings is 4. The van der Waals surface area contributed by atoms with Gasteiger partial charge in [-0.1, -0.05) is 54.2 Å². The number of hydrogen-bond acceptors (Lipinski definition) is 2. The molecule has 7 aromatic rings. The van der Waals surface area contributed by atoms with E-state index in [4.69, 9.17) is 4.11 Å². The second-order valence-electron chi connectivity index (χ2n) is 9.12.